The number of piperazine rings is 1. The molecule has 1 amide bonds. The maximum atomic E-state index is 12.2. The van der Waals surface area contributed by atoms with Crippen molar-refractivity contribution in [3.8, 4) is 5.75 Å². The number of anilines is 1. The Kier molecular flexibility index (Phi) is 5.80. The highest BCUT2D eigenvalue weighted by atomic mass is 16.5. The molecule has 6 nitrogen and oxygen atoms in total. The topological polar surface area (TPSA) is 66.5 Å². The van der Waals surface area contributed by atoms with Crippen molar-refractivity contribution in [2.75, 3.05) is 37.7 Å². The molecular formula is C15H24N4O2. The van der Waals surface area contributed by atoms with Crippen LogP contribution in [0.15, 0.2) is 18.3 Å². The third-order valence-corrected chi connectivity index (χ3v) is 3.38. The fourth-order valence-electron chi connectivity index (χ4n) is 2.41. The molecule has 6 heteroatoms. The Balaban J connectivity index is 2.22. The summed E-state index contributed by atoms with van der Waals surface area (Å²) in [6.45, 7) is 7.46. The number of hydrogen-bond donors (Lipinski definition) is 2. The summed E-state index contributed by atoms with van der Waals surface area (Å²) < 4.78 is 5.77. The molecule has 1 aliphatic heterocycles. The Morgan fingerprint density at radius 3 is 3.19 bits per heavy atom. The summed E-state index contributed by atoms with van der Waals surface area (Å²) in [6, 6.07) is 3.52. The molecule has 2 heterocycles. The average molecular weight is 292 g/mol. The maximum Gasteiger partial charge on any atom is 0.244 e. The number of amides is 1. The Bertz CT molecular complexity index is 467. The second-order valence-corrected chi connectivity index (χ2v) is 4.98. The van der Waals surface area contributed by atoms with Crippen molar-refractivity contribution in [1.82, 2.24) is 15.6 Å². The van der Waals surface area contributed by atoms with E-state index in [-0.39, 0.29) is 11.9 Å². The van der Waals surface area contributed by atoms with E-state index in [2.05, 4.69) is 22.5 Å². The Hall–Kier alpha value is -1.82. The van der Waals surface area contributed by atoms with Crippen molar-refractivity contribution in [3.05, 3.63) is 18.3 Å². The number of nitrogens with one attached hydrogen (secondary N) is 2. The van der Waals surface area contributed by atoms with E-state index in [0.717, 1.165) is 31.1 Å². The number of rotatable bonds is 6. The zero-order valence-corrected chi connectivity index (χ0v) is 12.8. The molecule has 21 heavy (non-hydrogen) atoms. The van der Waals surface area contributed by atoms with E-state index < -0.39 is 0 Å². The smallest absolute Gasteiger partial charge is 0.244 e. The fourth-order valence-corrected chi connectivity index (χ4v) is 2.41. The van der Waals surface area contributed by atoms with Crippen LogP contribution in [0.5, 0.6) is 5.75 Å². The molecular weight excluding hydrogens is 268 g/mol. The molecule has 0 spiro atoms. The van der Waals surface area contributed by atoms with Gasteiger partial charge in [-0.1, -0.05) is 6.92 Å². The van der Waals surface area contributed by atoms with Gasteiger partial charge in [-0.2, -0.15) is 0 Å². The zero-order chi connectivity index (χ0) is 15.1. The second-order valence-electron chi connectivity index (χ2n) is 4.98. The number of hydrogen-bond acceptors (Lipinski definition) is 5. The highest BCUT2D eigenvalue weighted by Crippen LogP contribution is 2.27. The third kappa shape index (κ3) is 3.85. The number of ether oxygens (including phenoxy) is 1. The first-order valence-corrected chi connectivity index (χ1v) is 7.60. The lowest BCUT2D eigenvalue weighted by Gasteiger charge is -2.36. The summed E-state index contributed by atoms with van der Waals surface area (Å²) in [6.07, 6.45) is 2.68. The fraction of sp³-hybridized carbons (Fsp3) is 0.600. The largest absolute Gasteiger partial charge is 0.490 e. The molecule has 2 N–H and O–H groups in total. The van der Waals surface area contributed by atoms with Gasteiger partial charge in [0.1, 0.15) is 6.04 Å². The first kappa shape index (κ1) is 15.6. The molecule has 1 atom stereocenters. The van der Waals surface area contributed by atoms with E-state index >= 15 is 0 Å². The van der Waals surface area contributed by atoms with Crippen molar-refractivity contribution in [3.63, 3.8) is 0 Å². The predicted molar refractivity (Wildman–Crippen MR) is 82.7 cm³/mol. The monoisotopic (exact) mass is 292 g/mol. The van der Waals surface area contributed by atoms with Gasteiger partial charge in [-0.05, 0) is 25.5 Å². The third-order valence-electron chi connectivity index (χ3n) is 3.38. The van der Waals surface area contributed by atoms with Crippen molar-refractivity contribution < 1.29 is 9.53 Å². The highest BCUT2D eigenvalue weighted by Gasteiger charge is 2.30. The lowest BCUT2D eigenvalue weighted by atomic mass is 10.1. The molecule has 1 aromatic heterocycles. The first-order valence-electron chi connectivity index (χ1n) is 7.60. The maximum absolute atomic E-state index is 12.2. The molecule has 0 bridgehead atoms. The van der Waals surface area contributed by atoms with Gasteiger partial charge in [-0.25, -0.2) is 4.98 Å². The standard InChI is InChI=1S/C15H24N4O2/c1-3-10-21-13-6-5-7-18-14(13)19-9-8-16-11-12(19)15(20)17-4-2/h5-7,12,16H,3-4,8-11H2,1-2H3,(H,17,20). The van der Waals surface area contributed by atoms with Gasteiger partial charge in [0.05, 0.1) is 6.61 Å². The molecule has 0 aromatic carbocycles. The van der Waals surface area contributed by atoms with Crippen LogP contribution in [0.4, 0.5) is 5.82 Å². The van der Waals surface area contributed by atoms with E-state index in [1.165, 1.54) is 0 Å². The minimum atomic E-state index is -0.252. The van der Waals surface area contributed by atoms with Crippen LogP contribution >= 0.6 is 0 Å². The predicted octanol–water partition coefficient (Wildman–Crippen LogP) is 0.785. The molecule has 2 rings (SSSR count). The first-order chi connectivity index (χ1) is 10.3. The average Bonchev–Trinajstić information content (AvgIpc) is 2.53. The van der Waals surface area contributed by atoms with Gasteiger partial charge < -0.3 is 20.3 Å². The molecule has 1 saturated heterocycles. The van der Waals surface area contributed by atoms with E-state index in [1.54, 1.807) is 6.20 Å². The summed E-state index contributed by atoms with van der Waals surface area (Å²) in [5.74, 6) is 1.52. The van der Waals surface area contributed by atoms with E-state index in [9.17, 15) is 4.79 Å². The molecule has 1 fully saturated rings. The second kappa shape index (κ2) is 7.83. The summed E-state index contributed by atoms with van der Waals surface area (Å²) >= 11 is 0. The Morgan fingerprint density at radius 1 is 1.57 bits per heavy atom. The van der Waals surface area contributed by atoms with Gasteiger partial charge in [-0.15, -0.1) is 0 Å². The van der Waals surface area contributed by atoms with Gasteiger partial charge >= 0.3 is 0 Å². The van der Waals surface area contributed by atoms with Crippen LogP contribution in [-0.4, -0.2) is 49.7 Å². The highest BCUT2D eigenvalue weighted by molar-refractivity contribution is 5.86. The SMILES string of the molecule is CCCOc1cccnc1N1CCNCC1C(=O)NCC. The van der Waals surface area contributed by atoms with Gasteiger partial charge in [0.2, 0.25) is 5.91 Å². The zero-order valence-electron chi connectivity index (χ0n) is 12.8. The van der Waals surface area contributed by atoms with Gasteiger partial charge in [0, 0.05) is 32.4 Å². The minimum absolute atomic E-state index is 0.0248. The minimum Gasteiger partial charge on any atom is -0.490 e. The molecule has 0 radical (unpaired) electrons. The van der Waals surface area contributed by atoms with Crippen molar-refractivity contribution in [1.29, 1.82) is 0 Å². The molecule has 116 valence electrons. The Morgan fingerprint density at radius 2 is 2.43 bits per heavy atom. The summed E-state index contributed by atoms with van der Waals surface area (Å²) in [5.41, 5.74) is 0. The number of pyridine rings is 1. The molecule has 1 aromatic rings. The van der Waals surface area contributed by atoms with Crippen molar-refractivity contribution >= 4 is 11.7 Å². The van der Waals surface area contributed by atoms with Crippen LogP contribution in [0.25, 0.3) is 0 Å². The Labute approximate surface area is 125 Å². The van der Waals surface area contributed by atoms with Crippen LogP contribution in [0.2, 0.25) is 0 Å². The number of carbonyl (C=O) groups excluding carboxylic acids is 1. The molecule has 1 aliphatic rings. The van der Waals surface area contributed by atoms with Crippen molar-refractivity contribution in [2.45, 2.75) is 26.3 Å². The molecule has 0 saturated carbocycles. The van der Waals surface area contributed by atoms with Gasteiger partial charge in [0.25, 0.3) is 0 Å². The summed E-state index contributed by atoms with van der Waals surface area (Å²) in [4.78, 5) is 18.7. The number of aromatic nitrogens is 1. The van der Waals surface area contributed by atoms with E-state index in [0.29, 0.717) is 19.7 Å². The van der Waals surface area contributed by atoms with Crippen LogP contribution in [0.1, 0.15) is 20.3 Å². The van der Waals surface area contributed by atoms with Crippen LogP contribution in [-0.2, 0) is 4.79 Å². The number of likely N-dealkylation sites (N-methyl/N-ethyl adjacent to an activating group) is 1. The summed E-state index contributed by atoms with van der Waals surface area (Å²) in [5, 5.41) is 6.15. The van der Waals surface area contributed by atoms with Crippen LogP contribution < -0.4 is 20.3 Å². The van der Waals surface area contributed by atoms with Crippen molar-refractivity contribution in [2.24, 2.45) is 0 Å². The number of carbonyl (C=O) groups is 1. The lowest BCUT2D eigenvalue weighted by molar-refractivity contribution is -0.122. The molecule has 0 aliphatic carbocycles. The van der Waals surface area contributed by atoms with Crippen LogP contribution in [0, 0.1) is 0 Å². The van der Waals surface area contributed by atoms with Gasteiger partial charge in [0.15, 0.2) is 11.6 Å². The number of nitrogens with zero attached hydrogens (tertiary/aromatic N) is 2. The molecule has 1 unspecified atom stereocenters. The van der Waals surface area contributed by atoms with E-state index in [1.807, 2.05) is 24.0 Å². The summed E-state index contributed by atoms with van der Waals surface area (Å²) in [7, 11) is 0. The van der Waals surface area contributed by atoms with Crippen LogP contribution in [0.3, 0.4) is 0 Å². The van der Waals surface area contributed by atoms with E-state index in [4.69, 9.17) is 4.74 Å². The lowest BCUT2D eigenvalue weighted by Crippen LogP contribution is -2.58. The van der Waals surface area contributed by atoms with Gasteiger partial charge in [-0.3, -0.25) is 4.79 Å². The normalized spacial score (nSPS) is 18.4. The quantitative estimate of drug-likeness (QED) is 0.811.